The maximum Gasteiger partial charge on any atom is 0.419 e. The van der Waals surface area contributed by atoms with E-state index in [1.54, 1.807) is 4.90 Å². The molecule has 5 nitrogen and oxygen atoms in total. The molecule has 1 aromatic carbocycles. The highest BCUT2D eigenvalue weighted by atomic mass is 19.4. The van der Waals surface area contributed by atoms with Gasteiger partial charge < -0.3 is 14.9 Å². The molecule has 1 aliphatic heterocycles. The topological polar surface area (TPSA) is 56.7 Å². The molecule has 2 heterocycles. The summed E-state index contributed by atoms with van der Waals surface area (Å²) < 4.78 is 40.8. The zero-order chi connectivity index (χ0) is 18.9. The number of alkyl halides is 3. The Morgan fingerprint density at radius 1 is 1.08 bits per heavy atom. The Bertz CT molecular complexity index is 798. The Hall–Kier alpha value is -2.61. The summed E-state index contributed by atoms with van der Waals surface area (Å²) in [5.74, 6) is -1.15. The van der Waals surface area contributed by atoms with Gasteiger partial charge in [0.15, 0.2) is 0 Å². The summed E-state index contributed by atoms with van der Waals surface area (Å²) in [6, 6.07) is 6.77. The van der Waals surface area contributed by atoms with Gasteiger partial charge in [-0.15, -0.1) is 0 Å². The van der Waals surface area contributed by atoms with Crippen molar-refractivity contribution >= 4 is 11.8 Å². The Balaban J connectivity index is 1.97. The molecule has 0 radical (unpaired) electrons. The number of hydrogen-bond acceptors (Lipinski definition) is 4. The van der Waals surface area contributed by atoms with Gasteiger partial charge in [-0.3, -0.25) is 0 Å². The molecule has 0 saturated carbocycles. The number of carboxylic acids is 1. The lowest BCUT2D eigenvalue weighted by atomic mass is 10.0. The summed E-state index contributed by atoms with van der Waals surface area (Å²) in [4.78, 5) is 18.7. The van der Waals surface area contributed by atoms with Gasteiger partial charge >= 0.3 is 12.1 Å². The number of aromatic nitrogens is 1. The number of carboxylic acid groups (broad SMARTS) is 1. The van der Waals surface area contributed by atoms with Crippen LogP contribution in [0.15, 0.2) is 36.5 Å². The third-order valence-electron chi connectivity index (χ3n) is 4.44. The molecular formula is C18H18F3N3O2. The molecule has 0 amide bonds. The van der Waals surface area contributed by atoms with Gasteiger partial charge in [0.05, 0.1) is 11.1 Å². The van der Waals surface area contributed by atoms with Gasteiger partial charge in [0.25, 0.3) is 0 Å². The second-order valence-electron chi connectivity index (χ2n) is 6.27. The number of nitrogens with zero attached hydrogens (tertiary/aromatic N) is 3. The lowest BCUT2D eigenvalue weighted by molar-refractivity contribution is -0.137. The zero-order valence-electron chi connectivity index (χ0n) is 14.1. The van der Waals surface area contributed by atoms with Crippen LogP contribution in [0, 0.1) is 0 Å². The van der Waals surface area contributed by atoms with Gasteiger partial charge in [-0.1, -0.05) is 12.1 Å². The summed E-state index contributed by atoms with van der Waals surface area (Å²) in [5.41, 5.74) is 0.0822. The van der Waals surface area contributed by atoms with Crippen LogP contribution in [-0.2, 0) is 6.18 Å². The van der Waals surface area contributed by atoms with Crippen LogP contribution in [0.4, 0.5) is 19.0 Å². The highest BCUT2D eigenvalue weighted by Gasteiger charge is 2.36. The summed E-state index contributed by atoms with van der Waals surface area (Å²) >= 11 is 0. The Labute approximate surface area is 148 Å². The summed E-state index contributed by atoms with van der Waals surface area (Å²) in [5, 5.41) is 8.93. The molecule has 0 unspecified atom stereocenters. The fourth-order valence-electron chi connectivity index (χ4n) is 2.90. The number of carbonyl (C=O) groups is 1. The molecule has 1 aliphatic rings. The fourth-order valence-corrected chi connectivity index (χ4v) is 2.90. The Kier molecular flexibility index (Phi) is 4.86. The number of halogens is 3. The highest BCUT2D eigenvalue weighted by molar-refractivity contribution is 5.88. The van der Waals surface area contributed by atoms with Crippen LogP contribution in [-0.4, -0.2) is 54.2 Å². The van der Waals surface area contributed by atoms with Crippen molar-refractivity contribution in [3.63, 3.8) is 0 Å². The minimum absolute atomic E-state index is 0.0588. The molecule has 1 fully saturated rings. The van der Waals surface area contributed by atoms with Crippen molar-refractivity contribution < 1.29 is 23.1 Å². The van der Waals surface area contributed by atoms with Crippen LogP contribution in [0.3, 0.4) is 0 Å². The molecule has 0 aliphatic carbocycles. The number of hydrogen-bond donors (Lipinski definition) is 1. The van der Waals surface area contributed by atoms with E-state index in [0.29, 0.717) is 37.3 Å². The van der Waals surface area contributed by atoms with Crippen LogP contribution in [0.5, 0.6) is 0 Å². The molecule has 3 rings (SSSR count). The van der Waals surface area contributed by atoms with E-state index in [-0.39, 0.29) is 11.4 Å². The van der Waals surface area contributed by atoms with E-state index in [1.807, 2.05) is 7.05 Å². The monoisotopic (exact) mass is 365 g/mol. The average Bonchev–Trinajstić information content (AvgIpc) is 2.61. The van der Waals surface area contributed by atoms with Gasteiger partial charge in [-0.2, -0.15) is 13.2 Å². The molecular weight excluding hydrogens is 347 g/mol. The molecule has 138 valence electrons. The predicted molar refractivity (Wildman–Crippen MR) is 91.3 cm³/mol. The van der Waals surface area contributed by atoms with Crippen LogP contribution >= 0.6 is 0 Å². The van der Waals surface area contributed by atoms with Crippen LogP contribution in [0.25, 0.3) is 11.1 Å². The molecule has 1 N–H and O–H groups in total. The van der Waals surface area contributed by atoms with Crippen LogP contribution in [0.1, 0.15) is 15.9 Å². The second-order valence-corrected chi connectivity index (χ2v) is 6.27. The number of aromatic carboxylic acids is 1. The third-order valence-corrected chi connectivity index (χ3v) is 4.44. The van der Waals surface area contributed by atoms with E-state index in [9.17, 15) is 18.0 Å². The molecule has 2 aromatic rings. The third kappa shape index (κ3) is 3.80. The van der Waals surface area contributed by atoms with Crippen molar-refractivity contribution in [1.82, 2.24) is 9.88 Å². The average molecular weight is 365 g/mol. The smallest absolute Gasteiger partial charge is 0.419 e. The van der Waals surface area contributed by atoms with E-state index < -0.39 is 17.7 Å². The van der Waals surface area contributed by atoms with E-state index in [0.717, 1.165) is 6.07 Å². The molecule has 0 spiro atoms. The minimum atomic E-state index is -4.53. The number of piperazine rings is 1. The van der Waals surface area contributed by atoms with Gasteiger partial charge in [0.1, 0.15) is 5.82 Å². The van der Waals surface area contributed by atoms with Gasteiger partial charge in [-0.25, -0.2) is 9.78 Å². The molecule has 0 bridgehead atoms. The summed E-state index contributed by atoms with van der Waals surface area (Å²) in [7, 11) is 1.93. The lowest BCUT2D eigenvalue weighted by Crippen LogP contribution is -2.45. The first-order valence-electron chi connectivity index (χ1n) is 8.10. The van der Waals surface area contributed by atoms with E-state index in [1.165, 1.54) is 30.5 Å². The molecule has 8 heteroatoms. The molecule has 1 aromatic heterocycles. The Morgan fingerprint density at radius 2 is 1.69 bits per heavy atom. The van der Waals surface area contributed by atoms with Crippen molar-refractivity contribution in [3.05, 3.63) is 47.7 Å². The van der Waals surface area contributed by atoms with Crippen LogP contribution in [0.2, 0.25) is 0 Å². The van der Waals surface area contributed by atoms with Gasteiger partial charge in [0, 0.05) is 37.9 Å². The summed E-state index contributed by atoms with van der Waals surface area (Å²) in [6.07, 6.45) is -3.12. The largest absolute Gasteiger partial charge is 0.478 e. The molecule has 26 heavy (non-hydrogen) atoms. The van der Waals surface area contributed by atoms with Gasteiger partial charge in [0.2, 0.25) is 0 Å². The first-order chi connectivity index (χ1) is 12.3. The summed E-state index contributed by atoms with van der Waals surface area (Å²) in [6.45, 7) is 2.33. The zero-order valence-corrected chi connectivity index (χ0v) is 14.1. The van der Waals surface area contributed by atoms with Crippen molar-refractivity contribution in [2.45, 2.75) is 6.18 Å². The van der Waals surface area contributed by atoms with Crippen molar-refractivity contribution in [2.24, 2.45) is 0 Å². The predicted octanol–water partition coefficient (Wildman–Crippen LogP) is 3.22. The number of rotatable bonds is 3. The number of benzene rings is 1. The number of anilines is 1. The lowest BCUT2D eigenvalue weighted by Gasteiger charge is -2.34. The van der Waals surface area contributed by atoms with Crippen LogP contribution < -0.4 is 4.90 Å². The first kappa shape index (κ1) is 18.2. The first-order valence-corrected chi connectivity index (χ1v) is 8.10. The van der Waals surface area contributed by atoms with E-state index in [4.69, 9.17) is 5.11 Å². The van der Waals surface area contributed by atoms with Crippen molar-refractivity contribution in [1.29, 1.82) is 0 Å². The van der Waals surface area contributed by atoms with E-state index >= 15 is 0 Å². The fraction of sp³-hybridized carbons (Fsp3) is 0.333. The van der Waals surface area contributed by atoms with E-state index in [2.05, 4.69) is 9.88 Å². The SMILES string of the molecule is CN1CCN(c2ncc(-c3ccc(C(=O)O)cc3)cc2C(F)(F)F)CC1. The van der Waals surface area contributed by atoms with Crippen molar-refractivity contribution in [2.75, 3.05) is 38.1 Å². The number of likely N-dealkylation sites (N-methyl/N-ethyl adjacent to an activating group) is 1. The maximum atomic E-state index is 13.6. The normalized spacial score (nSPS) is 15.9. The number of pyridine rings is 1. The molecule has 1 saturated heterocycles. The highest BCUT2D eigenvalue weighted by Crippen LogP contribution is 2.38. The quantitative estimate of drug-likeness (QED) is 0.905. The Morgan fingerprint density at radius 3 is 2.23 bits per heavy atom. The van der Waals surface area contributed by atoms with Gasteiger partial charge in [-0.05, 0) is 30.8 Å². The van der Waals surface area contributed by atoms with Crippen molar-refractivity contribution in [3.8, 4) is 11.1 Å². The molecule has 0 atom stereocenters. The second kappa shape index (κ2) is 6.95. The maximum absolute atomic E-state index is 13.6. The standard InChI is InChI=1S/C18H18F3N3O2/c1-23-6-8-24(9-7-23)16-15(18(19,20)21)10-14(11-22-16)12-2-4-13(5-3-12)17(25)26/h2-5,10-11H,6-9H2,1H3,(H,25,26). The minimum Gasteiger partial charge on any atom is -0.478 e.